The molecule has 0 bridgehead atoms. The first-order chi connectivity index (χ1) is 16.5. The lowest BCUT2D eigenvalue weighted by Crippen LogP contribution is -2.53. The minimum atomic E-state index is -0.706. The van der Waals surface area contributed by atoms with Crippen molar-refractivity contribution < 1.29 is 14.3 Å². The maximum absolute atomic E-state index is 13.5. The van der Waals surface area contributed by atoms with Gasteiger partial charge in [-0.1, -0.05) is 79.2 Å². The summed E-state index contributed by atoms with van der Waals surface area (Å²) < 4.78 is 5.74. The molecule has 34 heavy (non-hydrogen) atoms. The van der Waals surface area contributed by atoms with E-state index in [1.165, 1.54) is 0 Å². The number of halogens is 1. The van der Waals surface area contributed by atoms with Crippen molar-refractivity contribution in [2.24, 2.45) is 0 Å². The fourth-order valence-corrected chi connectivity index (χ4v) is 3.78. The molecule has 2 atom stereocenters. The zero-order valence-corrected chi connectivity index (χ0v) is 20.4. The summed E-state index contributed by atoms with van der Waals surface area (Å²) in [7, 11) is 0. The molecule has 178 valence electrons. The number of rotatable bonds is 11. The summed E-state index contributed by atoms with van der Waals surface area (Å²) in [5.41, 5.74) is 1.81. The van der Waals surface area contributed by atoms with Crippen LogP contribution in [-0.4, -0.2) is 35.4 Å². The van der Waals surface area contributed by atoms with Crippen LogP contribution in [0.1, 0.15) is 31.4 Å². The highest BCUT2D eigenvalue weighted by molar-refractivity contribution is 6.30. The topological polar surface area (TPSA) is 58.6 Å². The van der Waals surface area contributed by atoms with E-state index >= 15 is 0 Å². The Bertz CT molecular complexity index is 1060. The fourth-order valence-electron chi connectivity index (χ4n) is 3.57. The molecule has 0 aromatic heterocycles. The molecule has 0 aliphatic carbocycles. The Balaban J connectivity index is 1.91. The molecule has 1 N–H and O–H groups in total. The van der Waals surface area contributed by atoms with E-state index in [2.05, 4.69) is 5.32 Å². The average molecular weight is 479 g/mol. The van der Waals surface area contributed by atoms with Gasteiger partial charge in [0.25, 0.3) is 5.91 Å². The van der Waals surface area contributed by atoms with Crippen LogP contribution >= 0.6 is 11.6 Å². The van der Waals surface area contributed by atoms with E-state index < -0.39 is 6.04 Å². The van der Waals surface area contributed by atoms with E-state index in [9.17, 15) is 9.59 Å². The number of carbonyl (C=O) groups is 2. The zero-order valence-electron chi connectivity index (χ0n) is 19.6. The first kappa shape index (κ1) is 25.3. The van der Waals surface area contributed by atoms with Crippen molar-refractivity contribution in [2.75, 3.05) is 6.61 Å². The van der Waals surface area contributed by atoms with Crippen LogP contribution in [0.25, 0.3) is 0 Å². The minimum Gasteiger partial charge on any atom is -0.484 e. The van der Waals surface area contributed by atoms with E-state index in [1.54, 1.807) is 23.1 Å². The first-order valence-electron chi connectivity index (χ1n) is 11.5. The molecular formula is C28H31ClN2O3. The van der Waals surface area contributed by atoms with Crippen LogP contribution in [-0.2, 0) is 22.6 Å². The Hall–Kier alpha value is -3.31. The maximum atomic E-state index is 13.5. The number of nitrogens with zero attached hydrogens (tertiary/aromatic N) is 1. The lowest BCUT2D eigenvalue weighted by molar-refractivity contribution is -0.143. The van der Waals surface area contributed by atoms with Crippen molar-refractivity contribution in [1.29, 1.82) is 0 Å². The molecule has 2 amide bonds. The van der Waals surface area contributed by atoms with Gasteiger partial charge in [0, 0.05) is 24.0 Å². The van der Waals surface area contributed by atoms with Crippen LogP contribution in [0.5, 0.6) is 5.75 Å². The van der Waals surface area contributed by atoms with Crippen LogP contribution in [0.2, 0.25) is 5.02 Å². The Labute approximate surface area is 206 Å². The Morgan fingerprint density at radius 3 is 2.24 bits per heavy atom. The lowest BCUT2D eigenvalue weighted by atomic mass is 10.0. The van der Waals surface area contributed by atoms with E-state index in [0.717, 1.165) is 17.5 Å². The molecule has 3 aromatic rings. The SMILES string of the molecule is CC[C@H](C)NC(=O)[C@H](Cc1ccccc1)N(Cc1cccc(Cl)c1)C(=O)COc1ccccc1. The standard InChI is InChI=1S/C28H31ClN2O3/c1-3-21(2)30-28(33)26(18-22-11-6-4-7-12-22)31(19-23-13-10-14-24(29)17-23)27(32)20-34-25-15-8-5-9-16-25/h4-17,21,26H,3,18-20H2,1-2H3,(H,30,33)/t21-,26-/m0/s1. The molecule has 0 spiro atoms. The summed E-state index contributed by atoms with van der Waals surface area (Å²) in [4.78, 5) is 28.5. The van der Waals surface area contributed by atoms with Gasteiger partial charge in [-0.15, -0.1) is 0 Å². The van der Waals surface area contributed by atoms with E-state index in [0.29, 0.717) is 17.2 Å². The van der Waals surface area contributed by atoms with Crippen LogP contribution in [0.3, 0.4) is 0 Å². The van der Waals surface area contributed by atoms with Gasteiger partial charge in [0.15, 0.2) is 6.61 Å². The highest BCUT2D eigenvalue weighted by atomic mass is 35.5. The summed E-state index contributed by atoms with van der Waals surface area (Å²) in [5, 5.41) is 3.63. The van der Waals surface area contributed by atoms with Gasteiger partial charge in [0.1, 0.15) is 11.8 Å². The summed E-state index contributed by atoms with van der Waals surface area (Å²) in [6.45, 7) is 4.04. The highest BCUT2D eigenvalue weighted by Crippen LogP contribution is 2.18. The number of ether oxygens (including phenoxy) is 1. The molecule has 5 nitrogen and oxygen atoms in total. The van der Waals surface area contributed by atoms with Crippen LogP contribution in [0.15, 0.2) is 84.9 Å². The summed E-state index contributed by atoms with van der Waals surface area (Å²) in [6.07, 6.45) is 1.18. The molecule has 0 fully saturated rings. The van der Waals surface area contributed by atoms with Gasteiger partial charge < -0.3 is 15.0 Å². The van der Waals surface area contributed by atoms with E-state index in [4.69, 9.17) is 16.3 Å². The zero-order chi connectivity index (χ0) is 24.3. The third-order valence-electron chi connectivity index (χ3n) is 5.62. The molecule has 3 rings (SSSR count). The summed E-state index contributed by atoms with van der Waals surface area (Å²) in [6, 6.07) is 25.5. The van der Waals surface area contributed by atoms with Crippen molar-refractivity contribution in [3.63, 3.8) is 0 Å². The van der Waals surface area contributed by atoms with Crippen LogP contribution < -0.4 is 10.1 Å². The molecule has 0 radical (unpaired) electrons. The van der Waals surface area contributed by atoms with Crippen molar-refractivity contribution in [3.8, 4) is 5.75 Å². The average Bonchev–Trinajstić information content (AvgIpc) is 2.85. The quantitative estimate of drug-likeness (QED) is 0.408. The smallest absolute Gasteiger partial charge is 0.261 e. The molecule has 3 aromatic carbocycles. The van der Waals surface area contributed by atoms with Gasteiger partial charge in [0.05, 0.1) is 0 Å². The monoisotopic (exact) mass is 478 g/mol. The summed E-state index contributed by atoms with van der Waals surface area (Å²) in [5.74, 6) is 0.138. The maximum Gasteiger partial charge on any atom is 0.261 e. The molecule has 0 saturated carbocycles. The number of benzene rings is 3. The van der Waals surface area contributed by atoms with Crippen molar-refractivity contribution >= 4 is 23.4 Å². The second kappa shape index (κ2) is 12.8. The predicted octanol–water partition coefficient (Wildman–Crippen LogP) is 5.27. The van der Waals surface area contributed by atoms with Crippen LogP contribution in [0, 0.1) is 0 Å². The van der Waals surface area contributed by atoms with Crippen molar-refractivity contribution in [2.45, 2.75) is 45.3 Å². The lowest BCUT2D eigenvalue weighted by Gasteiger charge is -2.32. The van der Waals surface area contributed by atoms with E-state index in [1.807, 2.05) is 80.6 Å². The normalized spacial score (nSPS) is 12.4. The molecule has 0 heterocycles. The molecule has 0 aliphatic heterocycles. The summed E-state index contributed by atoms with van der Waals surface area (Å²) >= 11 is 6.20. The number of carbonyl (C=O) groups excluding carboxylic acids is 2. The first-order valence-corrected chi connectivity index (χ1v) is 11.9. The van der Waals surface area contributed by atoms with E-state index in [-0.39, 0.29) is 31.0 Å². The third-order valence-corrected chi connectivity index (χ3v) is 5.85. The van der Waals surface area contributed by atoms with Gasteiger partial charge in [-0.25, -0.2) is 0 Å². The molecule has 0 saturated heterocycles. The van der Waals surface area contributed by atoms with Crippen molar-refractivity contribution in [3.05, 3.63) is 101 Å². The minimum absolute atomic E-state index is 0.00513. The number of nitrogens with one attached hydrogen (secondary N) is 1. The number of hydrogen-bond donors (Lipinski definition) is 1. The Kier molecular flexibility index (Phi) is 9.53. The molecule has 0 aliphatic rings. The van der Waals surface area contributed by atoms with Gasteiger partial charge in [0.2, 0.25) is 5.91 Å². The predicted molar refractivity (Wildman–Crippen MR) is 136 cm³/mol. The number of para-hydroxylation sites is 1. The molecule has 6 heteroatoms. The van der Waals surface area contributed by atoms with Gasteiger partial charge in [-0.2, -0.15) is 0 Å². The van der Waals surface area contributed by atoms with Gasteiger partial charge in [-0.05, 0) is 48.7 Å². The molecule has 0 unspecified atom stereocenters. The molecular weight excluding hydrogens is 448 g/mol. The van der Waals surface area contributed by atoms with Gasteiger partial charge >= 0.3 is 0 Å². The highest BCUT2D eigenvalue weighted by Gasteiger charge is 2.31. The largest absolute Gasteiger partial charge is 0.484 e. The number of hydrogen-bond acceptors (Lipinski definition) is 3. The third kappa shape index (κ3) is 7.63. The second-order valence-corrected chi connectivity index (χ2v) is 8.71. The van der Waals surface area contributed by atoms with Crippen LogP contribution in [0.4, 0.5) is 0 Å². The van der Waals surface area contributed by atoms with Crippen molar-refractivity contribution in [1.82, 2.24) is 10.2 Å². The van der Waals surface area contributed by atoms with Gasteiger partial charge in [-0.3, -0.25) is 9.59 Å². The number of amides is 2. The fraction of sp³-hybridized carbons (Fsp3) is 0.286. The Morgan fingerprint density at radius 2 is 1.59 bits per heavy atom. The Morgan fingerprint density at radius 1 is 0.941 bits per heavy atom. The second-order valence-electron chi connectivity index (χ2n) is 8.28.